The normalized spacial score (nSPS) is 17.0. The third-order valence-electron chi connectivity index (χ3n) is 6.52. The van der Waals surface area contributed by atoms with Crippen molar-refractivity contribution in [3.63, 3.8) is 0 Å². The fourth-order valence-electron chi connectivity index (χ4n) is 4.70. The molecule has 7 nitrogen and oxygen atoms in total. The Kier molecular flexibility index (Phi) is 7.47. The van der Waals surface area contributed by atoms with Gasteiger partial charge in [-0.3, -0.25) is 4.79 Å². The van der Waals surface area contributed by atoms with E-state index in [-0.39, 0.29) is 23.1 Å². The van der Waals surface area contributed by atoms with Crippen LogP contribution in [0.4, 0.5) is 5.69 Å². The van der Waals surface area contributed by atoms with Gasteiger partial charge in [-0.2, -0.15) is 4.31 Å². The van der Waals surface area contributed by atoms with E-state index in [1.165, 1.54) is 4.31 Å². The lowest BCUT2D eigenvalue weighted by Gasteiger charge is -2.31. The van der Waals surface area contributed by atoms with Gasteiger partial charge in [-0.1, -0.05) is 41.1 Å². The Balaban J connectivity index is 1.55. The van der Waals surface area contributed by atoms with Crippen LogP contribution >= 0.6 is 0 Å². The third kappa shape index (κ3) is 5.60. The Labute approximate surface area is 213 Å². The van der Waals surface area contributed by atoms with Gasteiger partial charge in [0.2, 0.25) is 15.9 Å². The Morgan fingerprint density at radius 2 is 1.75 bits per heavy atom. The molecular formula is C28H33N3O4S. The van der Waals surface area contributed by atoms with Crippen LogP contribution in [0.1, 0.15) is 52.1 Å². The highest BCUT2D eigenvalue weighted by atomic mass is 32.2. The second kappa shape index (κ2) is 10.4. The van der Waals surface area contributed by atoms with Gasteiger partial charge in [-0.25, -0.2) is 8.42 Å². The molecule has 1 saturated heterocycles. The maximum Gasteiger partial charge on any atom is 0.248 e. The molecule has 1 aliphatic heterocycles. The number of nitrogens with zero attached hydrogens (tertiary/aromatic N) is 2. The van der Waals surface area contributed by atoms with Crippen molar-refractivity contribution in [3.8, 4) is 0 Å². The molecule has 1 N–H and O–H groups in total. The van der Waals surface area contributed by atoms with Gasteiger partial charge in [0, 0.05) is 18.8 Å². The summed E-state index contributed by atoms with van der Waals surface area (Å²) in [6.45, 7) is 10.0. The number of aryl methyl sites for hydroxylation is 5. The fourth-order valence-corrected chi connectivity index (χ4v) is 6.47. The van der Waals surface area contributed by atoms with Crippen molar-refractivity contribution < 1.29 is 17.7 Å². The second-order valence-electron chi connectivity index (χ2n) is 9.72. The van der Waals surface area contributed by atoms with Gasteiger partial charge in [0.25, 0.3) is 0 Å². The molecule has 1 fully saturated rings. The Hall–Kier alpha value is -3.23. The number of sulfonamides is 1. The predicted octanol–water partition coefficient (Wildman–Crippen LogP) is 5.43. The van der Waals surface area contributed by atoms with E-state index in [9.17, 15) is 13.2 Å². The van der Waals surface area contributed by atoms with Crippen molar-refractivity contribution in [2.24, 2.45) is 5.92 Å². The molecule has 0 saturated carbocycles. The van der Waals surface area contributed by atoms with Crippen LogP contribution in [0.25, 0.3) is 12.2 Å². The zero-order valence-electron chi connectivity index (χ0n) is 21.5. The molecule has 1 aliphatic rings. The number of hydrogen-bond acceptors (Lipinski definition) is 5. The monoisotopic (exact) mass is 507 g/mol. The van der Waals surface area contributed by atoms with E-state index in [4.69, 9.17) is 4.52 Å². The minimum absolute atomic E-state index is 0.0550. The molecule has 4 rings (SSSR count). The van der Waals surface area contributed by atoms with Crippen LogP contribution in [-0.2, 0) is 14.8 Å². The van der Waals surface area contributed by atoms with Crippen LogP contribution in [0, 0.1) is 40.5 Å². The first-order chi connectivity index (χ1) is 17.0. The maximum atomic E-state index is 13.7. The Morgan fingerprint density at radius 1 is 1.03 bits per heavy atom. The van der Waals surface area contributed by atoms with Gasteiger partial charge in [-0.15, -0.1) is 0 Å². The lowest BCUT2D eigenvalue weighted by molar-refractivity contribution is -0.120. The summed E-state index contributed by atoms with van der Waals surface area (Å²) in [5, 5.41) is 6.91. The standard InChI is InChI=1S/C28H33N3O4S/c1-18-8-9-21(4)23(14-18)10-11-26-27(22(5)30-35-26)36(33,34)31-12-6-7-24(17-31)28(32)29-25-15-19(2)13-20(3)16-25/h8-11,13-16,24H,6-7,12,17H2,1-5H3,(H,29,32)/b11-10+. The highest BCUT2D eigenvalue weighted by Crippen LogP contribution is 2.30. The quantitative estimate of drug-likeness (QED) is 0.481. The number of hydrogen-bond donors (Lipinski definition) is 1. The third-order valence-corrected chi connectivity index (χ3v) is 8.55. The molecular weight excluding hydrogens is 474 g/mol. The van der Waals surface area contributed by atoms with Gasteiger partial charge in [-0.05, 0) is 87.9 Å². The maximum absolute atomic E-state index is 13.7. The molecule has 1 unspecified atom stereocenters. The largest absolute Gasteiger partial charge is 0.355 e. The summed E-state index contributed by atoms with van der Waals surface area (Å²) in [6, 6.07) is 12.0. The summed E-state index contributed by atoms with van der Waals surface area (Å²) < 4.78 is 34.2. The molecule has 3 aromatic rings. The van der Waals surface area contributed by atoms with Crippen molar-refractivity contribution >= 4 is 33.8 Å². The smallest absolute Gasteiger partial charge is 0.248 e. The number of aromatic nitrogens is 1. The van der Waals surface area contributed by atoms with Crippen molar-refractivity contribution in [1.29, 1.82) is 0 Å². The van der Waals surface area contributed by atoms with E-state index in [2.05, 4.69) is 10.5 Å². The van der Waals surface area contributed by atoms with Crippen molar-refractivity contribution in [2.45, 2.75) is 52.4 Å². The molecule has 2 aromatic carbocycles. The van der Waals surface area contributed by atoms with Crippen LogP contribution in [0.5, 0.6) is 0 Å². The van der Waals surface area contributed by atoms with E-state index < -0.39 is 15.9 Å². The number of amides is 1. The number of nitrogens with one attached hydrogen (secondary N) is 1. The van der Waals surface area contributed by atoms with Gasteiger partial charge < -0.3 is 9.84 Å². The zero-order chi connectivity index (χ0) is 26.0. The van der Waals surface area contributed by atoms with Crippen LogP contribution in [0.3, 0.4) is 0 Å². The number of benzene rings is 2. The predicted molar refractivity (Wildman–Crippen MR) is 142 cm³/mol. The summed E-state index contributed by atoms with van der Waals surface area (Å²) >= 11 is 0. The summed E-state index contributed by atoms with van der Waals surface area (Å²) in [7, 11) is -3.91. The highest BCUT2D eigenvalue weighted by Gasteiger charge is 2.37. The average molecular weight is 508 g/mol. The van der Waals surface area contributed by atoms with E-state index in [0.29, 0.717) is 25.1 Å². The number of piperidine rings is 1. The fraction of sp³-hybridized carbons (Fsp3) is 0.357. The van der Waals surface area contributed by atoms with E-state index in [1.54, 1.807) is 13.0 Å². The zero-order valence-corrected chi connectivity index (χ0v) is 22.3. The number of carbonyl (C=O) groups is 1. The molecule has 0 bridgehead atoms. The Bertz CT molecular complexity index is 1400. The molecule has 1 aromatic heterocycles. The summed E-state index contributed by atoms with van der Waals surface area (Å²) in [5.74, 6) is -0.421. The minimum atomic E-state index is -3.91. The van der Waals surface area contributed by atoms with Crippen LogP contribution in [0.15, 0.2) is 45.8 Å². The van der Waals surface area contributed by atoms with Crippen LogP contribution in [-0.4, -0.2) is 36.9 Å². The van der Waals surface area contributed by atoms with Gasteiger partial charge >= 0.3 is 0 Å². The van der Waals surface area contributed by atoms with Crippen molar-refractivity contribution in [3.05, 3.63) is 75.7 Å². The van der Waals surface area contributed by atoms with Crippen LogP contribution in [0.2, 0.25) is 0 Å². The molecule has 1 amide bonds. The number of carbonyl (C=O) groups excluding carboxylic acids is 1. The lowest BCUT2D eigenvalue weighted by atomic mass is 9.98. The van der Waals surface area contributed by atoms with Gasteiger partial charge in [0.1, 0.15) is 5.69 Å². The van der Waals surface area contributed by atoms with E-state index >= 15 is 0 Å². The topological polar surface area (TPSA) is 92.5 Å². The number of anilines is 1. The first-order valence-electron chi connectivity index (χ1n) is 12.2. The molecule has 2 heterocycles. The molecule has 0 spiro atoms. The first kappa shape index (κ1) is 25.9. The van der Waals surface area contributed by atoms with Gasteiger partial charge in [0.05, 0.1) is 5.92 Å². The molecule has 8 heteroatoms. The Morgan fingerprint density at radius 3 is 2.47 bits per heavy atom. The summed E-state index contributed by atoms with van der Waals surface area (Å²) in [6.07, 6.45) is 4.73. The number of rotatable bonds is 6. The molecule has 1 atom stereocenters. The van der Waals surface area contributed by atoms with Gasteiger partial charge in [0.15, 0.2) is 10.7 Å². The summed E-state index contributed by atoms with van der Waals surface area (Å²) in [4.78, 5) is 13.1. The molecule has 190 valence electrons. The molecule has 0 radical (unpaired) electrons. The van der Waals surface area contributed by atoms with Crippen molar-refractivity contribution in [2.75, 3.05) is 18.4 Å². The van der Waals surface area contributed by atoms with Crippen molar-refractivity contribution in [1.82, 2.24) is 9.46 Å². The molecule has 0 aliphatic carbocycles. The minimum Gasteiger partial charge on any atom is -0.355 e. The average Bonchev–Trinajstić information content (AvgIpc) is 3.20. The summed E-state index contributed by atoms with van der Waals surface area (Å²) in [5.41, 5.74) is 6.31. The lowest BCUT2D eigenvalue weighted by Crippen LogP contribution is -2.43. The SMILES string of the molecule is Cc1cc(C)cc(NC(=O)C2CCCN(S(=O)(=O)c3c(C)noc3/C=C/c3cc(C)ccc3C)C2)c1. The van der Waals surface area contributed by atoms with E-state index in [1.807, 2.05) is 70.2 Å². The second-order valence-corrected chi connectivity index (χ2v) is 11.6. The first-order valence-corrected chi connectivity index (χ1v) is 13.6. The van der Waals surface area contributed by atoms with Crippen LogP contribution < -0.4 is 5.32 Å². The van der Waals surface area contributed by atoms with E-state index in [0.717, 1.165) is 33.5 Å². The molecule has 36 heavy (non-hydrogen) atoms. The highest BCUT2D eigenvalue weighted by molar-refractivity contribution is 7.89.